The Morgan fingerprint density at radius 3 is 2.60 bits per heavy atom. The Balaban J connectivity index is 1.63. The van der Waals surface area contributed by atoms with Crippen molar-refractivity contribution in [2.45, 2.75) is 18.6 Å². The zero-order chi connectivity index (χ0) is 21.3. The molecule has 1 fully saturated rings. The van der Waals surface area contributed by atoms with Crippen LogP contribution in [0.15, 0.2) is 47.5 Å². The van der Waals surface area contributed by atoms with Gasteiger partial charge in [0.05, 0.1) is 23.7 Å². The molecule has 0 bridgehead atoms. The number of nitrogens with one attached hydrogen (secondary N) is 1. The summed E-state index contributed by atoms with van der Waals surface area (Å²) in [5.74, 6) is 1.36. The van der Waals surface area contributed by atoms with Gasteiger partial charge in [-0.3, -0.25) is 4.99 Å². The molecule has 158 valence electrons. The lowest BCUT2D eigenvalue weighted by Crippen LogP contribution is -2.38. The molecule has 0 spiro atoms. The number of ether oxygens (including phenoxy) is 1. The highest BCUT2D eigenvalue weighted by molar-refractivity contribution is 6.02. The van der Waals surface area contributed by atoms with Crippen molar-refractivity contribution in [3.63, 3.8) is 0 Å². The van der Waals surface area contributed by atoms with Gasteiger partial charge in [0.25, 0.3) is 0 Å². The zero-order valence-corrected chi connectivity index (χ0v) is 15.9. The third-order valence-corrected chi connectivity index (χ3v) is 5.19. The van der Waals surface area contributed by atoms with E-state index in [2.05, 4.69) is 10.3 Å². The quantitative estimate of drug-likeness (QED) is 0.776. The van der Waals surface area contributed by atoms with E-state index in [9.17, 15) is 18.0 Å². The number of benzene rings is 2. The maximum Gasteiger partial charge on any atom is 0.416 e. The number of fused-ring (bicyclic) bond motifs is 1. The van der Waals surface area contributed by atoms with Crippen LogP contribution in [0.1, 0.15) is 17.5 Å². The van der Waals surface area contributed by atoms with Crippen molar-refractivity contribution in [2.24, 2.45) is 4.99 Å². The van der Waals surface area contributed by atoms with Gasteiger partial charge in [-0.2, -0.15) is 13.2 Å². The van der Waals surface area contributed by atoms with Crippen LogP contribution in [0.25, 0.3) is 11.1 Å². The minimum absolute atomic E-state index is 0.184. The molecule has 30 heavy (non-hydrogen) atoms. The molecule has 0 aliphatic carbocycles. The Labute approximate surface area is 171 Å². The number of amidine groups is 1. The molecule has 2 N–H and O–H groups in total. The number of aliphatic imine (C=N–C) groups is 1. The van der Waals surface area contributed by atoms with Gasteiger partial charge in [-0.05, 0) is 41.8 Å². The number of nitrogens with zero attached hydrogens (tertiary/aromatic N) is 2. The second-order valence-corrected chi connectivity index (χ2v) is 7.22. The molecule has 4 rings (SSSR count). The van der Waals surface area contributed by atoms with Gasteiger partial charge in [-0.15, -0.1) is 0 Å². The van der Waals surface area contributed by atoms with Gasteiger partial charge >= 0.3 is 12.3 Å². The van der Waals surface area contributed by atoms with E-state index in [1.807, 2.05) is 17.0 Å². The Morgan fingerprint density at radius 2 is 1.90 bits per heavy atom. The Kier molecular flexibility index (Phi) is 5.27. The minimum atomic E-state index is -4.38. The standard InChI is InChI=1S/C21H20F3N3O3/c22-21(23,24)15-4-1-13(2-5-15)14-3-6-18-17(11-14)19(25-8-10-30-18)27-9-7-16(12-27)26-20(28)29/h1-6,11,16,26H,7-10,12H2,(H,28,29)/t16-/m1/s1. The fraction of sp³-hybridized carbons (Fsp3) is 0.333. The van der Waals surface area contributed by atoms with Crippen LogP contribution < -0.4 is 10.1 Å². The molecule has 9 heteroatoms. The molecule has 2 aromatic carbocycles. The molecule has 0 aromatic heterocycles. The van der Waals surface area contributed by atoms with Crippen molar-refractivity contribution < 1.29 is 27.8 Å². The summed E-state index contributed by atoms with van der Waals surface area (Å²) < 4.78 is 44.3. The summed E-state index contributed by atoms with van der Waals surface area (Å²) >= 11 is 0. The second kappa shape index (κ2) is 7.89. The van der Waals surface area contributed by atoms with Gasteiger partial charge in [0.2, 0.25) is 0 Å². The molecular formula is C21H20F3N3O3. The third-order valence-electron chi connectivity index (χ3n) is 5.19. The predicted molar refractivity (Wildman–Crippen MR) is 105 cm³/mol. The fourth-order valence-electron chi connectivity index (χ4n) is 3.77. The zero-order valence-electron chi connectivity index (χ0n) is 15.9. The van der Waals surface area contributed by atoms with Crippen LogP contribution in [0.4, 0.5) is 18.0 Å². The Hall–Kier alpha value is -3.23. The number of halogens is 3. The summed E-state index contributed by atoms with van der Waals surface area (Å²) in [5, 5.41) is 11.5. The molecule has 0 saturated carbocycles. The summed E-state index contributed by atoms with van der Waals surface area (Å²) in [7, 11) is 0. The number of likely N-dealkylation sites (tertiary alicyclic amines) is 1. The van der Waals surface area contributed by atoms with Gasteiger partial charge in [0, 0.05) is 13.1 Å². The SMILES string of the molecule is O=C(O)N[C@@H]1CCN(C2=NCCOc3ccc(-c4ccc(C(F)(F)F)cc4)cc32)C1. The third kappa shape index (κ3) is 4.19. The van der Waals surface area contributed by atoms with Crippen LogP contribution in [0.3, 0.4) is 0 Å². The molecule has 1 amide bonds. The number of hydrogen-bond donors (Lipinski definition) is 2. The molecular weight excluding hydrogens is 399 g/mol. The molecule has 2 aliphatic rings. The molecule has 2 aliphatic heterocycles. The number of alkyl halides is 3. The summed E-state index contributed by atoms with van der Waals surface area (Å²) in [6.45, 7) is 2.02. The van der Waals surface area contributed by atoms with Crippen molar-refractivity contribution in [2.75, 3.05) is 26.2 Å². The first-order chi connectivity index (χ1) is 14.3. The van der Waals surface area contributed by atoms with Crippen LogP contribution in [0.2, 0.25) is 0 Å². The van der Waals surface area contributed by atoms with E-state index >= 15 is 0 Å². The van der Waals surface area contributed by atoms with Crippen molar-refractivity contribution in [1.82, 2.24) is 10.2 Å². The van der Waals surface area contributed by atoms with Crippen molar-refractivity contribution in [1.29, 1.82) is 0 Å². The fourth-order valence-corrected chi connectivity index (χ4v) is 3.77. The van der Waals surface area contributed by atoms with Crippen molar-refractivity contribution in [3.8, 4) is 16.9 Å². The predicted octanol–water partition coefficient (Wildman–Crippen LogP) is 3.85. The topological polar surface area (TPSA) is 74.2 Å². The normalized spacial score (nSPS) is 18.8. The van der Waals surface area contributed by atoms with E-state index in [4.69, 9.17) is 9.84 Å². The lowest BCUT2D eigenvalue weighted by molar-refractivity contribution is -0.137. The number of amides is 1. The molecule has 2 aromatic rings. The van der Waals surface area contributed by atoms with E-state index in [1.54, 1.807) is 6.07 Å². The summed E-state index contributed by atoms with van der Waals surface area (Å²) in [6.07, 6.45) is -4.77. The maximum absolute atomic E-state index is 12.8. The number of hydrogen-bond acceptors (Lipinski definition) is 4. The van der Waals surface area contributed by atoms with E-state index < -0.39 is 17.8 Å². The lowest BCUT2D eigenvalue weighted by atomic mass is 10.00. The van der Waals surface area contributed by atoms with Gasteiger partial charge in [-0.1, -0.05) is 18.2 Å². The Bertz CT molecular complexity index is 974. The highest BCUT2D eigenvalue weighted by atomic mass is 19.4. The molecule has 1 atom stereocenters. The monoisotopic (exact) mass is 419 g/mol. The lowest BCUT2D eigenvalue weighted by Gasteiger charge is -2.22. The first-order valence-electron chi connectivity index (χ1n) is 9.55. The first-order valence-corrected chi connectivity index (χ1v) is 9.55. The second-order valence-electron chi connectivity index (χ2n) is 7.22. The summed E-state index contributed by atoms with van der Waals surface area (Å²) in [4.78, 5) is 17.6. The van der Waals surface area contributed by atoms with Crippen LogP contribution in [-0.4, -0.2) is 54.2 Å². The number of carbonyl (C=O) groups is 1. The molecule has 0 radical (unpaired) electrons. The van der Waals surface area contributed by atoms with E-state index in [0.717, 1.165) is 23.3 Å². The van der Waals surface area contributed by atoms with Crippen LogP contribution >= 0.6 is 0 Å². The van der Waals surface area contributed by atoms with E-state index in [-0.39, 0.29) is 6.04 Å². The average molecular weight is 419 g/mol. The van der Waals surface area contributed by atoms with Crippen LogP contribution in [-0.2, 0) is 6.18 Å². The van der Waals surface area contributed by atoms with Crippen LogP contribution in [0.5, 0.6) is 5.75 Å². The molecule has 6 nitrogen and oxygen atoms in total. The molecule has 0 unspecified atom stereocenters. The largest absolute Gasteiger partial charge is 0.491 e. The van der Waals surface area contributed by atoms with Gasteiger partial charge in [-0.25, -0.2) is 4.79 Å². The minimum Gasteiger partial charge on any atom is -0.491 e. The molecule has 2 heterocycles. The number of carboxylic acid groups (broad SMARTS) is 1. The summed E-state index contributed by atoms with van der Waals surface area (Å²) in [6, 6.07) is 10.3. The van der Waals surface area contributed by atoms with Gasteiger partial charge in [0.15, 0.2) is 0 Å². The van der Waals surface area contributed by atoms with Gasteiger partial charge < -0.3 is 20.1 Å². The van der Waals surface area contributed by atoms with Crippen molar-refractivity contribution in [3.05, 3.63) is 53.6 Å². The smallest absolute Gasteiger partial charge is 0.416 e. The highest BCUT2D eigenvalue weighted by Gasteiger charge is 2.31. The maximum atomic E-state index is 12.8. The van der Waals surface area contributed by atoms with Crippen molar-refractivity contribution >= 4 is 11.9 Å². The Morgan fingerprint density at radius 1 is 1.17 bits per heavy atom. The highest BCUT2D eigenvalue weighted by Crippen LogP contribution is 2.33. The average Bonchev–Trinajstić information content (AvgIpc) is 3.04. The van der Waals surface area contributed by atoms with Gasteiger partial charge in [0.1, 0.15) is 18.2 Å². The van der Waals surface area contributed by atoms with Crippen LogP contribution in [0, 0.1) is 0 Å². The molecule has 1 saturated heterocycles. The van der Waals surface area contributed by atoms with E-state index in [1.165, 1.54) is 12.1 Å². The first kappa shape index (κ1) is 20.1. The van der Waals surface area contributed by atoms with E-state index in [0.29, 0.717) is 49.8 Å². The summed E-state index contributed by atoms with van der Waals surface area (Å²) in [5.41, 5.74) is 1.46. The number of rotatable bonds is 2.